The highest BCUT2D eigenvalue weighted by Crippen LogP contribution is 2.08. The van der Waals surface area contributed by atoms with Crippen LogP contribution in [0.4, 0.5) is 0 Å². The first-order valence-corrected chi connectivity index (χ1v) is 6.76. The third-order valence-corrected chi connectivity index (χ3v) is 2.62. The summed E-state index contributed by atoms with van der Waals surface area (Å²) in [6.07, 6.45) is 0.342. The molecule has 0 aliphatic heterocycles. The Kier molecular flexibility index (Phi) is 6.99. The third kappa shape index (κ3) is 5.28. The number of rotatable bonds is 5. The lowest BCUT2D eigenvalue weighted by Gasteiger charge is -2.13. The molecule has 0 aromatic heterocycles. The molecule has 21 heavy (non-hydrogen) atoms. The highest BCUT2D eigenvalue weighted by molar-refractivity contribution is 5.98. The fourth-order valence-electron chi connectivity index (χ4n) is 1.60. The van der Waals surface area contributed by atoms with Crippen LogP contribution in [0.1, 0.15) is 36.2 Å². The first kappa shape index (κ1) is 16.7. The molecular formula is C16H19NO4. The van der Waals surface area contributed by atoms with Crippen LogP contribution in [-0.2, 0) is 9.53 Å². The molecule has 112 valence electrons. The molecule has 0 radical (unpaired) electrons. The van der Waals surface area contributed by atoms with Crippen molar-refractivity contribution in [2.75, 3.05) is 13.2 Å². The van der Waals surface area contributed by atoms with Gasteiger partial charge in [0.05, 0.1) is 18.8 Å². The minimum Gasteiger partial charge on any atom is -0.464 e. The van der Waals surface area contributed by atoms with Gasteiger partial charge < -0.3 is 15.2 Å². The number of hydrogen-bond donors (Lipinski definition) is 2. The summed E-state index contributed by atoms with van der Waals surface area (Å²) >= 11 is 0. The first-order valence-electron chi connectivity index (χ1n) is 6.76. The smallest absolute Gasteiger partial charge is 0.328 e. The summed E-state index contributed by atoms with van der Waals surface area (Å²) in [4.78, 5) is 23.7. The summed E-state index contributed by atoms with van der Waals surface area (Å²) in [6.45, 7) is 3.51. The molecule has 5 heteroatoms. The van der Waals surface area contributed by atoms with Crippen LogP contribution < -0.4 is 5.32 Å². The minimum atomic E-state index is -0.726. The van der Waals surface area contributed by atoms with Crippen molar-refractivity contribution in [1.29, 1.82) is 0 Å². The normalized spacial score (nSPS) is 11.0. The molecule has 1 rings (SSSR count). The van der Waals surface area contributed by atoms with E-state index in [-0.39, 0.29) is 19.1 Å². The summed E-state index contributed by atoms with van der Waals surface area (Å²) in [5.74, 6) is 4.75. The molecule has 1 aromatic carbocycles. The van der Waals surface area contributed by atoms with Gasteiger partial charge in [0.1, 0.15) is 6.04 Å². The van der Waals surface area contributed by atoms with E-state index in [1.54, 1.807) is 38.1 Å². The van der Waals surface area contributed by atoms with Crippen molar-refractivity contribution < 1.29 is 19.4 Å². The van der Waals surface area contributed by atoms with Crippen LogP contribution in [0.2, 0.25) is 0 Å². The average molecular weight is 289 g/mol. The van der Waals surface area contributed by atoms with Gasteiger partial charge in [-0.05, 0) is 26.0 Å². The Labute approximate surface area is 124 Å². The zero-order valence-electron chi connectivity index (χ0n) is 12.2. The fraction of sp³-hybridized carbons (Fsp3) is 0.375. The number of amides is 1. The van der Waals surface area contributed by atoms with Crippen LogP contribution in [0.5, 0.6) is 0 Å². The van der Waals surface area contributed by atoms with Crippen LogP contribution in [0, 0.1) is 11.8 Å². The summed E-state index contributed by atoms with van der Waals surface area (Å²) in [6, 6.07) is 6.12. The molecular weight excluding hydrogens is 270 g/mol. The van der Waals surface area contributed by atoms with Crippen molar-refractivity contribution in [2.24, 2.45) is 0 Å². The largest absolute Gasteiger partial charge is 0.464 e. The number of carbonyl (C=O) groups excluding carboxylic acids is 2. The monoisotopic (exact) mass is 289 g/mol. The molecule has 1 atom stereocenters. The highest BCUT2D eigenvalue weighted by atomic mass is 16.5. The zero-order valence-corrected chi connectivity index (χ0v) is 12.2. The van der Waals surface area contributed by atoms with Gasteiger partial charge in [-0.1, -0.05) is 24.0 Å². The number of aliphatic hydroxyl groups is 1. The minimum absolute atomic E-state index is 0.0265. The molecule has 1 unspecified atom stereocenters. The van der Waals surface area contributed by atoms with Crippen molar-refractivity contribution in [3.05, 3.63) is 35.4 Å². The van der Waals surface area contributed by atoms with Crippen molar-refractivity contribution >= 4 is 11.9 Å². The van der Waals surface area contributed by atoms with Gasteiger partial charge in [-0.25, -0.2) is 4.79 Å². The predicted molar refractivity (Wildman–Crippen MR) is 78.6 cm³/mol. The van der Waals surface area contributed by atoms with Crippen molar-refractivity contribution in [3.63, 3.8) is 0 Å². The molecule has 0 saturated carbocycles. The van der Waals surface area contributed by atoms with E-state index < -0.39 is 12.0 Å². The maximum atomic E-state index is 12.2. The van der Waals surface area contributed by atoms with E-state index in [0.717, 1.165) is 0 Å². The molecule has 0 spiro atoms. The standard InChI is InChI=1S/C16H19NO4/c1-3-21-16(20)12(2)17-15(19)14-10-5-4-8-13(14)9-6-7-11-18/h4-5,8,10,12,18H,3,7,11H2,1-2H3,(H,17,19). The number of hydrogen-bond acceptors (Lipinski definition) is 4. The van der Waals surface area contributed by atoms with Crippen LogP contribution in [-0.4, -0.2) is 36.2 Å². The van der Waals surface area contributed by atoms with E-state index >= 15 is 0 Å². The lowest BCUT2D eigenvalue weighted by Crippen LogP contribution is -2.39. The van der Waals surface area contributed by atoms with Crippen molar-refractivity contribution in [2.45, 2.75) is 26.3 Å². The molecule has 5 nitrogen and oxygen atoms in total. The number of carbonyl (C=O) groups is 2. The van der Waals surface area contributed by atoms with Crippen LogP contribution in [0.15, 0.2) is 24.3 Å². The fourth-order valence-corrected chi connectivity index (χ4v) is 1.60. The van der Waals surface area contributed by atoms with E-state index in [2.05, 4.69) is 17.2 Å². The van der Waals surface area contributed by atoms with E-state index in [0.29, 0.717) is 17.5 Å². The Hall–Kier alpha value is -2.32. The maximum absolute atomic E-state index is 12.2. The third-order valence-electron chi connectivity index (χ3n) is 2.62. The molecule has 1 aromatic rings. The van der Waals surface area contributed by atoms with Crippen LogP contribution in [0.3, 0.4) is 0 Å². The molecule has 0 aliphatic rings. The first-order chi connectivity index (χ1) is 10.1. The molecule has 0 fully saturated rings. The van der Waals surface area contributed by atoms with E-state index in [4.69, 9.17) is 9.84 Å². The predicted octanol–water partition coefficient (Wildman–Crippen LogP) is 1.10. The number of nitrogens with one attached hydrogen (secondary N) is 1. The van der Waals surface area contributed by atoms with Gasteiger partial charge in [0, 0.05) is 12.0 Å². The van der Waals surface area contributed by atoms with Gasteiger partial charge in [-0.3, -0.25) is 4.79 Å². The second kappa shape index (κ2) is 8.77. The quantitative estimate of drug-likeness (QED) is 0.629. The van der Waals surface area contributed by atoms with E-state index in [1.807, 2.05) is 0 Å². The van der Waals surface area contributed by atoms with Gasteiger partial charge in [0.2, 0.25) is 0 Å². The second-order valence-corrected chi connectivity index (χ2v) is 4.27. The number of ether oxygens (including phenoxy) is 1. The van der Waals surface area contributed by atoms with Crippen LogP contribution in [0.25, 0.3) is 0 Å². The van der Waals surface area contributed by atoms with Gasteiger partial charge in [-0.2, -0.15) is 0 Å². The Bertz CT molecular complexity index is 557. The molecule has 0 bridgehead atoms. The molecule has 0 heterocycles. The second-order valence-electron chi connectivity index (χ2n) is 4.27. The lowest BCUT2D eigenvalue weighted by atomic mass is 10.1. The van der Waals surface area contributed by atoms with E-state index in [1.165, 1.54) is 0 Å². The summed E-state index contributed by atoms with van der Waals surface area (Å²) < 4.78 is 4.84. The van der Waals surface area contributed by atoms with Crippen molar-refractivity contribution in [1.82, 2.24) is 5.32 Å². The SMILES string of the molecule is CCOC(=O)C(C)NC(=O)c1ccccc1C#CCCO. The topological polar surface area (TPSA) is 75.6 Å². The Balaban J connectivity index is 2.83. The van der Waals surface area contributed by atoms with Crippen LogP contribution >= 0.6 is 0 Å². The summed E-state index contributed by atoms with van der Waals surface area (Å²) in [5.41, 5.74) is 0.943. The Morgan fingerprint density at radius 1 is 1.38 bits per heavy atom. The maximum Gasteiger partial charge on any atom is 0.328 e. The molecule has 0 aliphatic carbocycles. The highest BCUT2D eigenvalue weighted by Gasteiger charge is 2.18. The van der Waals surface area contributed by atoms with Gasteiger partial charge in [0.15, 0.2) is 0 Å². The molecule has 0 saturated heterocycles. The Morgan fingerprint density at radius 2 is 2.10 bits per heavy atom. The number of aliphatic hydroxyl groups excluding tert-OH is 1. The lowest BCUT2D eigenvalue weighted by molar-refractivity contribution is -0.144. The number of esters is 1. The van der Waals surface area contributed by atoms with Gasteiger partial charge >= 0.3 is 5.97 Å². The van der Waals surface area contributed by atoms with Crippen molar-refractivity contribution in [3.8, 4) is 11.8 Å². The van der Waals surface area contributed by atoms with Gasteiger partial charge in [0.25, 0.3) is 5.91 Å². The average Bonchev–Trinajstić information content (AvgIpc) is 2.48. The summed E-state index contributed by atoms with van der Waals surface area (Å²) in [5, 5.41) is 11.3. The molecule has 1 amide bonds. The zero-order chi connectivity index (χ0) is 15.7. The Morgan fingerprint density at radius 3 is 2.76 bits per heavy atom. The van der Waals surface area contributed by atoms with E-state index in [9.17, 15) is 9.59 Å². The van der Waals surface area contributed by atoms with Gasteiger partial charge in [-0.15, -0.1) is 0 Å². The number of benzene rings is 1. The summed E-state index contributed by atoms with van der Waals surface area (Å²) in [7, 11) is 0. The molecule has 2 N–H and O–H groups in total.